The summed E-state index contributed by atoms with van der Waals surface area (Å²) < 4.78 is 26.7. The van der Waals surface area contributed by atoms with E-state index >= 15 is 0 Å². The number of nitrogens with zero attached hydrogens (tertiary/aromatic N) is 2. The lowest BCUT2D eigenvalue weighted by molar-refractivity contribution is 0.556. The molecule has 0 radical (unpaired) electrons. The van der Waals surface area contributed by atoms with Gasteiger partial charge in [-0.2, -0.15) is 0 Å². The molecule has 1 aromatic rings. The molecule has 0 fully saturated rings. The van der Waals surface area contributed by atoms with Crippen LogP contribution in [0.1, 0.15) is 11.1 Å². The number of benzene rings is 1. The fourth-order valence-electron chi connectivity index (χ4n) is 2.03. The van der Waals surface area contributed by atoms with Crippen LogP contribution in [-0.4, -0.2) is 30.8 Å². The van der Waals surface area contributed by atoms with Crippen molar-refractivity contribution in [1.82, 2.24) is 4.90 Å². The Morgan fingerprint density at radius 3 is 2.79 bits per heavy atom. The molecule has 0 atom stereocenters. The molecule has 0 unspecified atom stereocenters. The predicted octanol–water partition coefficient (Wildman–Crippen LogP) is 2.13. The molecule has 2 aliphatic rings. The third-order valence-corrected chi connectivity index (χ3v) is 5.36. The summed E-state index contributed by atoms with van der Waals surface area (Å²) >= 11 is 1.45. The zero-order valence-corrected chi connectivity index (χ0v) is 12.2. The average Bonchev–Trinajstić information content (AvgIpc) is 2.72. The molecule has 0 bridgehead atoms. The molecule has 0 N–H and O–H groups in total. The number of fused-ring (bicyclic) bond motifs is 1. The van der Waals surface area contributed by atoms with Gasteiger partial charge in [-0.1, -0.05) is 41.6 Å². The first-order valence-corrected chi connectivity index (χ1v) is 8.48. The van der Waals surface area contributed by atoms with E-state index in [0.717, 1.165) is 11.3 Å². The number of allylic oxidation sites excluding steroid dienone is 1. The van der Waals surface area contributed by atoms with Gasteiger partial charge < -0.3 is 4.90 Å². The highest BCUT2D eigenvalue weighted by Crippen LogP contribution is 2.33. The van der Waals surface area contributed by atoms with E-state index in [4.69, 9.17) is 0 Å². The number of amidine groups is 1. The van der Waals surface area contributed by atoms with Crippen molar-refractivity contribution < 1.29 is 8.42 Å². The van der Waals surface area contributed by atoms with Crippen molar-refractivity contribution in [3.63, 3.8) is 0 Å². The third kappa shape index (κ3) is 2.84. The molecule has 0 amide bonds. The van der Waals surface area contributed by atoms with E-state index in [-0.39, 0.29) is 5.75 Å². The molecule has 6 heteroatoms. The van der Waals surface area contributed by atoms with Gasteiger partial charge in [-0.25, -0.2) is 8.42 Å². The summed E-state index contributed by atoms with van der Waals surface area (Å²) in [5.41, 5.74) is 2.47. The first-order valence-electron chi connectivity index (χ1n) is 6.05. The molecule has 3 rings (SSSR count). The molecule has 2 heterocycles. The molecule has 0 saturated carbocycles. The smallest absolute Gasteiger partial charge is 0.257 e. The van der Waals surface area contributed by atoms with Crippen LogP contribution in [-0.2, 0) is 16.4 Å². The molecule has 4 nitrogen and oxygen atoms in total. The van der Waals surface area contributed by atoms with Crippen LogP contribution in [0.25, 0.3) is 0 Å². The summed E-state index contributed by atoms with van der Waals surface area (Å²) in [4.78, 5) is 3.06. The first-order chi connectivity index (χ1) is 9.02. The van der Waals surface area contributed by atoms with Gasteiger partial charge in [0.1, 0.15) is 0 Å². The van der Waals surface area contributed by atoms with Gasteiger partial charge in [-0.15, -0.1) is 4.40 Å². The molecule has 0 spiro atoms. The third-order valence-electron chi connectivity index (χ3n) is 3.07. The number of thioether (sulfide) groups is 1. The molecule has 100 valence electrons. The van der Waals surface area contributed by atoms with Crippen LogP contribution < -0.4 is 0 Å². The second kappa shape index (κ2) is 4.68. The summed E-state index contributed by atoms with van der Waals surface area (Å²) in [6.07, 6.45) is 2.83. The quantitative estimate of drug-likeness (QED) is 0.838. The summed E-state index contributed by atoms with van der Waals surface area (Å²) in [5.74, 6) is 0.103. The van der Waals surface area contributed by atoms with E-state index in [0.29, 0.717) is 11.7 Å². The van der Waals surface area contributed by atoms with Crippen molar-refractivity contribution in [2.45, 2.75) is 13.3 Å². The van der Waals surface area contributed by atoms with Crippen LogP contribution >= 0.6 is 11.8 Å². The van der Waals surface area contributed by atoms with Crippen molar-refractivity contribution in [2.75, 3.05) is 12.3 Å². The Hall–Kier alpha value is -1.27. The SMILES string of the molecule is Cc1ccc(CC2=CN3CCS(=O)(=O)N=C3S2)cc1. The summed E-state index contributed by atoms with van der Waals surface area (Å²) in [6.45, 7) is 2.57. The van der Waals surface area contributed by atoms with E-state index in [1.54, 1.807) is 0 Å². The first kappa shape index (κ1) is 12.7. The fraction of sp³-hybridized carbons (Fsp3) is 0.308. The topological polar surface area (TPSA) is 49.7 Å². The van der Waals surface area contributed by atoms with Crippen molar-refractivity contribution in [1.29, 1.82) is 0 Å². The van der Waals surface area contributed by atoms with Gasteiger partial charge >= 0.3 is 0 Å². The van der Waals surface area contributed by atoms with Gasteiger partial charge in [0.05, 0.1) is 5.75 Å². The molecule has 2 aliphatic heterocycles. The predicted molar refractivity (Wildman–Crippen MR) is 78.5 cm³/mol. The van der Waals surface area contributed by atoms with Crippen LogP contribution in [0.5, 0.6) is 0 Å². The van der Waals surface area contributed by atoms with Gasteiger partial charge in [0.15, 0.2) is 5.17 Å². The highest BCUT2D eigenvalue weighted by atomic mass is 32.2. The monoisotopic (exact) mass is 294 g/mol. The Balaban J connectivity index is 1.77. The van der Waals surface area contributed by atoms with Crippen LogP contribution in [0.15, 0.2) is 39.8 Å². The van der Waals surface area contributed by atoms with Crippen LogP contribution in [0.3, 0.4) is 0 Å². The van der Waals surface area contributed by atoms with Gasteiger partial charge in [-0.05, 0) is 12.5 Å². The van der Waals surface area contributed by atoms with Crippen molar-refractivity contribution in [3.05, 3.63) is 46.5 Å². The Kier molecular flexibility index (Phi) is 3.14. The maximum Gasteiger partial charge on any atom is 0.257 e. The molecular formula is C13H14N2O2S2. The fourth-order valence-corrected chi connectivity index (χ4v) is 4.30. The lowest BCUT2D eigenvalue weighted by atomic mass is 10.1. The zero-order valence-electron chi connectivity index (χ0n) is 10.5. The lowest BCUT2D eigenvalue weighted by Gasteiger charge is -2.19. The van der Waals surface area contributed by atoms with Crippen molar-refractivity contribution in [3.8, 4) is 0 Å². The summed E-state index contributed by atoms with van der Waals surface area (Å²) in [7, 11) is -3.25. The number of sulfonamides is 1. The van der Waals surface area contributed by atoms with E-state index < -0.39 is 10.0 Å². The zero-order chi connectivity index (χ0) is 13.5. The molecule has 19 heavy (non-hydrogen) atoms. The molecule has 0 saturated heterocycles. The van der Waals surface area contributed by atoms with Gasteiger partial charge in [0, 0.05) is 24.1 Å². The highest BCUT2D eigenvalue weighted by Gasteiger charge is 2.28. The van der Waals surface area contributed by atoms with E-state index in [2.05, 4.69) is 35.6 Å². The van der Waals surface area contributed by atoms with E-state index in [1.165, 1.54) is 22.9 Å². The Morgan fingerprint density at radius 2 is 2.05 bits per heavy atom. The van der Waals surface area contributed by atoms with Crippen LogP contribution in [0.4, 0.5) is 0 Å². The number of hydrogen-bond acceptors (Lipinski definition) is 4. The maximum absolute atomic E-state index is 11.4. The van der Waals surface area contributed by atoms with Crippen molar-refractivity contribution in [2.24, 2.45) is 4.40 Å². The largest absolute Gasteiger partial charge is 0.325 e. The van der Waals surface area contributed by atoms with Crippen molar-refractivity contribution >= 4 is 27.0 Å². The lowest BCUT2D eigenvalue weighted by Crippen LogP contribution is -2.31. The second-order valence-electron chi connectivity index (χ2n) is 4.71. The minimum Gasteiger partial charge on any atom is -0.325 e. The van der Waals surface area contributed by atoms with Gasteiger partial charge in [0.2, 0.25) is 0 Å². The average molecular weight is 294 g/mol. The van der Waals surface area contributed by atoms with E-state index in [1.807, 2.05) is 11.1 Å². The minimum absolute atomic E-state index is 0.103. The Bertz CT molecular complexity index is 660. The number of hydrogen-bond donors (Lipinski definition) is 0. The van der Waals surface area contributed by atoms with Crippen LogP contribution in [0, 0.1) is 6.92 Å². The highest BCUT2D eigenvalue weighted by molar-refractivity contribution is 8.18. The normalized spacial score (nSPS) is 20.8. The van der Waals surface area contributed by atoms with Gasteiger partial charge in [-0.3, -0.25) is 0 Å². The Morgan fingerprint density at radius 1 is 1.32 bits per heavy atom. The standard InChI is InChI=1S/C13H14N2O2S2/c1-10-2-4-11(5-3-10)8-12-9-15-6-7-19(16,17)14-13(15)18-12/h2-5,9H,6-8H2,1H3. The maximum atomic E-state index is 11.4. The van der Waals surface area contributed by atoms with Crippen LogP contribution in [0.2, 0.25) is 0 Å². The second-order valence-corrected chi connectivity index (χ2v) is 7.56. The minimum atomic E-state index is -3.25. The number of aryl methyl sites for hydroxylation is 1. The van der Waals surface area contributed by atoms with Gasteiger partial charge in [0.25, 0.3) is 10.0 Å². The summed E-state index contributed by atoms with van der Waals surface area (Å²) in [6, 6.07) is 8.38. The summed E-state index contributed by atoms with van der Waals surface area (Å²) in [5, 5.41) is 0.591. The van der Waals surface area contributed by atoms with E-state index in [9.17, 15) is 8.42 Å². The molecule has 0 aromatic heterocycles. The molecule has 1 aromatic carbocycles. The molecular weight excluding hydrogens is 280 g/mol. The number of rotatable bonds is 2. The molecule has 0 aliphatic carbocycles. The Labute approximate surface area is 117 Å².